The van der Waals surface area contributed by atoms with E-state index in [2.05, 4.69) is 0 Å². The molecule has 0 spiro atoms. The minimum absolute atomic E-state index is 0.00495. The molecule has 3 unspecified atom stereocenters. The van der Waals surface area contributed by atoms with Gasteiger partial charge in [-0.05, 0) is 44.9 Å². The fourth-order valence-corrected chi connectivity index (χ4v) is 2.58. The van der Waals surface area contributed by atoms with Crippen molar-refractivity contribution in [3.63, 3.8) is 0 Å². The number of ether oxygens (including phenoxy) is 1. The van der Waals surface area contributed by atoms with Gasteiger partial charge in [-0.15, -0.1) is 0 Å². The molecule has 1 aliphatic heterocycles. The van der Waals surface area contributed by atoms with Crippen LogP contribution in [0.2, 0.25) is 0 Å². The van der Waals surface area contributed by atoms with Gasteiger partial charge in [0.1, 0.15) is 5.75 Å². The lowest BCUT2D eigenvalue weighted by Crippen LogP contribution is -2.39. The van der Waals surface area contributed by atoms with Gasteiger partial charge in [0, 0.05) is 19.0 Å². The van der Waals surface area contributed by atoms with Crippen LogP contribution < -0.4 is 4.74 Å². The molecular formula is C16H23NO3. The van der Waals surface area contributed by atoms with Crippen LogP contribution in [0.4, 0.5) is 0 Å². The first-order valence-corrected chi connectivity index (χ1v) is 7.17. The number of rotatable bonds is 4. The molecule has 1 aliphatic rings. The molecule has 0 aliphatic carbocycles. The van der Waals surface area contributed by atoms with Gasteiger partial charge in [-0.25, -0.2) is 0 Å². The van der Waals surface area contributed by atoms with Crippen molar-refractivity contribution in [3.8, 4) is 5.75 Å². The number of hydrogen-bond donors (Lipinski definition) is 1. The third kappa shape index (κ3) is 3.51. The molecule has 1 N–H and O–H groups in total. The van der Waals surface area contributed by atoms with E-state index in [-0.39, 0.29) is 17.9 Å². The number of likely N-dealkylation sites (tertiary alicyclic amines) is 1. The SMILES string of the molecule is Cc1cccc(OC(C)C(=O)N2CCC(C(C)O)C2)c1. The molecule has 4 heteroatoms. The Kier molecular flexibility index (Phi) is 4.65. The summed E-state index contributed by atoms with van der Waals surface area (Å²) < 4.78 is 5.71. The van der Waals surface area contributed by atoms with Crippen molar-refractivity contribution >= 4 is 5.91 Å². The molecular weight excluding hydrogens is 254 g/mol. The van der Waals surface area contributed by atoms with Crippen molar-refractivity contribution in [2.45, 2.75) is 39.4 Å². The summed E-state index contributed by atoms with van der Waals surface area (Å²) in [6, 6.07) is 7.69. The van der Waals surface area contributed by atoms with Crippen LogP contribution in [0.25, 0.3) is 0 Å². The van der Waals surface area contributed by atoms with Crippen LogP contribution in [0.1, 0.15) is 25.8 Å². The molecule has 3 atom stereocenters. The van der Waals surface area contributed by atoms with Crippen LogP contribution in [0, 0.1) is 12.8 Å². The first-order chi connectivity index (χ1) is 9.47. The Balaban J connectivity index is 1.93. The summed E-state index contributed by atoms with van der Waals surface area (Å²) in [7, 11) is 0. The quantitative estimate of drug-likeness (QED) is 0.915. The van der Waals surface area contributed by atoms with Crippen molar-refractivity contribution in [2.24, 2.45) is 5.92 Å². The predicted octanol–water partition coefficient (Wildman–Crippen LogP) is 1.99. The van der Waals surface area contributed by atoms with Crippen LogP contribution in [0.3, 0.4) is 0 Å². The second-order valence-electron chi connectivity index (χ2n) is 5.65. The first kappa shape index (κ1) is 14.9. The van der Waals surface area contributed by atoms with E-state index in [0.29, 0.717) is 13.1 Å². The van der Waals surface area contributed by atoms with E-state index >= 15 is 0 Å². The van der Waals surface area contributed by atoms with E-state index in [1.54, 1.807) is 18.7 Å². The smallest absolute Gasteiger partial charge is 0.263 e. The van der Waals surface area contributed by atoms with Gasteiger partial charge in [-0.3, -0.25) is 4.79 Å². The van der Waals surface area contributed by atoms with Gasteiger partial charge >= 0.3 is 0 Å². The third-order valence-corrected chi connectivity index (χ3v) is 3.87. The van der Waals surface area contributed by atoms with Gasteiger partial charge in [0.05, 0.1) is 6.10 Å². The van der Waals surface area contributed by atoms with Gasteiger partial charge in [-0.1, -0.05) is 12.1 Å². The number of hydrogen-bond acceptors (Lipinski definition) is 3. The van der Waals surface area contributed by atoms with E-state index in [0.717, 1.165) is 17.7 Å². The zero-order chi connectivity index (χ0) is 14.7. The standard InChI is InChI=1S/C16H23NO3/c1-11-5-4-6-15(9-11)20-13(3)16(19)17-8-7-14(10-17)12(2)18/h4-6,9,12-14,18H,7-8,10H2,1-3H3. The van der Waals surface area contributed by atoms with Crippen LogP contribution in [0.5, 0.6) is 5.75 Å². The molecule has 1 saturated heterocycles. The van der Waals surface area contributed by atoms with Crippen LogP contribution >= 0.6 is 0 Å². The summed E-state index contributed by atoms with van der Waals surface area (Å²) in [4.78, 5) is 14.1. The Labute approximate surface area is 120 Å². The highest BCUT2D eigenvalue weighted by Crippen LogP contribution is 2.21. The summed E-state index contributed by atoms with van der Waals surface area (Å²) in [6.07, 6.45) is 0.00552. The minimum Gasteiger partial charge on any atom is -0.481 e. The fourth-order valence-electron chi connectivity index (χ4n) is 2.58. The number of benzene rings is 1. The molecule has 1 amide bonds. The number of aliphatic hydroxyl groups is 1. The average Bonchev–Trinajstić information content (AvgIpc) is 2.87. The van der Waals surface area contributed by atoms with Crippen LogP contribution in [0.15, 0.2) is 24.3 Å². The molecule has 1 heterocycles. The number of carbonyl (C=O) groups excluding carboxylic acids is 1. The van der Waals surface area contributed by atoms with Gasteiger partial charge in [0.25, 0.3) is 5.91 Å². The van der Waals surface area contributed by atoms with E-state index in [1.807, 2.05) is 31.2 Å². The Morgan fingerprint density at radius 2 is 2.20 bits per heavy atom. The van der Waals surface area contributed by atoms with E-state index < -0.39 is 6.10 Å². The molecule has 1 aromatic rings. The van der Waals surface area contributed by atoms with E-state index in [9.17, 15) is 9.90 Å². The number of carbonyl (C=O) groups is 1. The van der Waals surface area contributed by atoms with Gasteiger partial charge < -0.3 is 14.7 Å². The Morgan fingerprint density at radius 1 is 1.45 bits per heavy atom. The lowest BCUT2D eigenvalue weighted by Gasteiger charge is -2.22. The largest absolute Gasteiger partial charge is 0.481 e. The molecule has 0 radical (unpaired) electrons. The van der Waals surface area contributed by atoms with Gasteiger partial charge in [-0.2, -0.15) is 0 Å². The van der Waals surface area contributed by atoms with Crippen LogP contribution in [-0.2, 0) is 4.79 Å². The summed E-state index contributed by atoms with van der Waals surface area (Å²) in [5.41, 5.74) is 1.11. The Hall–Kier alpha value is -1.55. The lowest BCUT2D eigenvalue weighted by molar-refractivity contribution is -0.137. The second kappa shape index (κ2) is 6.27. The topological polar surface area (TPSA) is 49.8 Å². The number of aliphatic hydroxyl groups excluding tert-OH is 1. The van der Waals surface area contributed by atoms with E-state index in [1.165, 1.54) is 0 Å². The Morgan fingerprint density at radius 3 is 2.80 bits per heavy atom. The zero-order valence-corrected chi connectivity index (χ0v) is 12.4. The molecule has 0 bridgehead atoms. The summed E-state index contributed by atoms with van der Waals surface area (Å²) in [5.74, 6) is 0.900. The number of aryl methyl sites for hydroxylation is 1. The van der Waals surface area contributed by atoms with Crippen LogP contribution in [-0.4, -0.2) is 41.2 Å². The lowest BCUT2D eigenvalue weighted by atomic mass is 10.0. The summed E-state index contributed by atoms with van der Waals surface area (Å²) in [6.45, 7) is 6.88. The molecule has 1 aromatic carbocycles. The van der Waals surface area contributed by atoms with Gasteiger partial charge in [0.2, 0.25) is 0 Å². The normalized spacial score (nSPS) is 21.6. The number of nitrogens with zero attached hydrogens (tertiary/aromatic N) is 1. The van der Waals surface area contributed by atoms with Gasteiger partial charge in [0.15, 0.2) is 6.10 Å². The monoisotopic (exact) mass is 277 g/mol. The number of amides is 1. The molecule has 110 valence electrons. The summed E-state index contributed by atoms with van der Waals surface area (Å²) >= 11 is 0. The van der Waals surface area contributed by atoms with Crippen molar-refractivity contribution in [1.82, 2.24) is 4.90 Å². The fraction of sp³-hybridized carbons (Fsp3) is 0.562. The molecule has 4 nitrogen and oxygen atoms in total. The van der Waals surface area contributed by atoms with Crippen molar-refractivity contribution in [2.75, 3.05) is 13.1 Å². The molecule has 2 rings (SSSR count). The third-order valence-electron chi connectivity index (χ3n) is 3.87. The molecule has 0 aromatic heterocycles. The maximum atomic E-state index is 12.3. The maximum Gasteiger partial charge on any atom is 0.263 e. The minimum atomic E-state index is -0.496. The maximum absolute atomic E-state index is 12.3. The van der Waals surface area contributed by atoms with Crippen molar-refractivity contribution in [1.29, 1.82) is 0 Å². The molecule has 0 saturated carbocycles. The van der Waals surface area contributed by atoms with Crippen molar-refractivity contribution in [3.05, 3.63) is 29.8 Å². The highest BCUT2D eigenvalue weighted by Gasteiger charge is 2.31. The van der Waals surface area contributed by atoms with E-state index in [4.69, 9.17) is 4.74 Å². The predicted molar refractivity (Wildman–Crippen MR) is 77.6 cm³/mol. The average molecular weight is 277 g/mol. The summed E-state index contributed by atoms with van der Waals surface area (Å²) in [5, 5.41) is 9.59. The molecule has 20 heavy (non-hydrogen) atoms. The zero-order valence-electron chi connectivity index (χ0n) is 12.4. The highest BCUT2D eigenvalue weighted by molar-refractivity contribution is 5.81. The Bertz CT molecular complexity index is 473. The first-order valence-electron chi connectivity index (χ1n) is 7.17. The second-order valence-corrected chi connectivity index (χ2v) is 5.65. The highest BCUT2D eigenvalue weighted by atomic mass is 16.5. The van der Waals surface area contributed by atoms with Crippen molar-refractivity contribution < 1.29 is 14.6 Å². The molecule has 1 fully saturated rings.